The topological polar surface area (TPSA) is 86.8 Å². The van der Waals surface area contributed by atoms with E-state index in [9.17, 15) is 9.36 Å². The van der Waals surface area contributed by atoms with Crippen LogP contribution in [-0.4, -0.2) is 74.7 Å². The average Bonchev–Trinajstić information content (AvgIpc) is 3.08. The van der Waals surface area contributed by atoms with Gasteiger partial charge >= 0.3 is 13.6 Å². The monoisotopic (exact) mass is 406 g/mol. The number of ether oxygens (including phenoxy) is 4. The minimum Gasteiger partial charge on any atom is -0.490 e. The Hall–Kier alpha value is -1.12. The molecule has 0 radical (unpaired) electrons. The van der Waals surface area contributed by atoms with Crippen molar-refractivity contribution in [2.45, 2.75) is 51.6 Å². The second-order valence-electron chi connectivity index (χ2n) is 7.36. The fourth-order valence-electron chi connectivity index (χ4n) is 2.76. The number of rotatable bonds is 9. The van der Waals surface area contributed by atoms with Gasteiger partial charge in [-0.15, -0.1) is 0 Å². The van der Waals surface area contributed by atoms with E-state index in [1.54, 1.807) is 42.0 Å². The highest BCUT2D eigenvalue weighted by Gasteiger charge is 2.50. The molecule has 156 valence electrons. The number of hydrogen-bond donors (Lipinski definition) is 0. The molecule has 2 rings (SSSR count). The molecule has 2 aliphatic rings. The minimum atomic E-state index is -3.45. The van der Waals surface area contributed by atoms with Crippen LogP contribution in [0.5, 0.6) is 0 Å². The van der Waals surface area contributed by atoms with Crippen molar-refractivity contribution in [3.63, 3.8) is 0 Å². The van der Waals surface area contributed by atoms with Crippen molar-refractivity contribution in [2.75, 3.05) is 41.4 Å². The van der Waals surface area contributed by atoms with Gasteiger partial charge in [0.15, 0.2) is 17.7 Å². The predicted octanol–water partition coefficient (Wildman–Crippen LogP) is 2.34. The molecule has 1 saturated heterocycles. The quantitative estimate of drug-likeness (QED) is 0.325. The van der Waals surface area contributed by atoms with Crippen LogP contribution in [0, 0.1) is 0 Å². The summed E-state index contributed by atoms with van der Waals surface area (Å²) in [6, 6.07) is 0. The number of hydrogen-bond acceptors (Lipinski definition) is 7. The van der Waals surface area contributed by atoms with Gasteiger partial charge in [-0.2, -0.15) is 0 Å². The Morgan fingerprint density at radius 3 is 2.33 bits per heavy atom. The number of carbonyl (C=O) groups excluding carboxylic acids is 1. The Morgan fingerprint density at radius 2 is 1.85 bits per heavy atom. The molecule has 0 spiro atoms. The van der Waals surface area contributed by atoms with Gasteiger partial charge in [0.25, 0.3) is 5.76 Å². The molecule has 0 aliphatic carbocycles. The minimum absolute atomic E-state index is 0.171. The lowest BCUT2D eigenvalue weighted by Gasteiger charge is -2.29. The summed E-state index contributed by atoms with van der Waals surface area (Å²) in [5.41, 5.74) is 0. The molecule has 0 aromatic carbocycles. The lowest BCUT2D eigenvalue weighted by molar-refractivity contribution is -0.163. The predicted molar refractivity (Wildman–Crippen MR) is 98.7 cm³/mol. The molecule has 2 aliphatic heterocycles. The first-order valence-electron chi connectivity index (χ1n) is 9.06. The van der Waals surface area contributed by atoms with Crippen molar-refractivity contribution in [1.29, 1.82) is 0 Å². The van der Waals surface area contributed by atoms with E-state index in [0.717, 1.165) is 12.8 Å². The Morgan fingerprint density at radius 1 is 1.22 bits per heavy atom. The van der Waals surface area contributed by atoms with E-state index in [1.807, 2.05) is 6.92 Å². The van der Waals surface area contributed by atoms with E-state index < -0.39 is 31.6 Å². The van der Waals surface area contributed by atoms with Crippen LogP contribution in [-0.2, 0) is 32.8 Å². The molecule has 1 fully saturated rings. The zero-order valence-corrected chi connectivity index (χ0v) is 18.1. The van der Waals surface area contributed by atoms with Gasteiger partial charge in [-0.3, -0.25) is 0 Å². The normalized spacial score (nSPS) is 25.4. The third kappa shape index (κ3) is 4.84. The second kappa shape index (κ2) is 8.49. The molecular formula is C17H31N2O7P. The van der Waals surface area contributed by atoms with E-state index >= 15 is 0 Å². The summed E-state index contributed by atoms with van der Waals surface area (Å²) in [5.74, 6) is -1.46. The van der Waals surface area contributed by atoms with Crippen molar-refractivity contribution in [1.82, 2.24) is 9.34 Å². The molecular weight excluding hydrogens is 375 g/mol. The van der Waals surface area contributed by atoms with E-state index in [4.69, 9.17) is 23.5 Å². The maximum Gasteiger partial charge on any atom is 0.395 e. The summed E-state index contributed by atoms with van der Waals surface area (Å²) in [7, 11) is 3.02. The molecule has 0 N–H and O–H groups in total. The second-order valence-corrected chi connectivity index (χ2v) is 10.1. The molecule has 0 saturated carbocycles. The lowest BCUT2D eigenvalue weighted by Crippen LogP contribution is -2.33. The maximum atomic E-state index is 13.2. The molecule has 9 nitrogen and oxygen atoms in total. The first-order valence-corrected chi connectivity index (χ1v) is 10.6. The number of unbranched alkanes of at least 4 members (excludes halogenated alkanes) is 1. The maximum absolute atomic E-state index is 13.2. The highest BCUT2D eigenvalue weighted by Crippen LogP contribution is 2.54. The van der Waals surface area contributed by atoms with Crippen molar-refractivity contribution in [3.05, 3.63) is 11.5 Å². The lowest BCUT2D eigenvalue weighted by atomic mass is 10.2. The molecule has 2 atom stereocenters. The van der Waals surface area contributed by atoms with E-state index in [1.165, 1.54) is 9.34 Å². The zero-order chi connectivity index (χ0) is 20.4. The Labute approximate surface area is 161 Å². The van der Waals surface area contributed by atoms with Gasteiger partial charge in [0, 0.05) is 0 Å². The van der Waals surface area contributed by atoms with Gasteiger partial charge < -0.3 is 23.5 Å². The van der Waals surface area contributed by atoms with Gasteiger partial charge in [-0.25, -0.2) is 18.7 Å². The Bertz CT molecular complexity index is 621. The van der Waals surface area contributed by atoms with Crippen LogP contribution in [0.2, 0.25) is 0 Å². The largest absolute Gasteiger partial charge is 0.490 e. The Kier molecular flexibility index (Phi) is 6.97. The van der Waals surface area contributed by atoms with Crippen LogP contribution >= 0.6 is 7.67 Å². The van der Waals surface area contributed by atoms with Crippen molar-refractivity contribution in [2.24, 2.45) is 0 Å². The first kappa shape index (κ1) is 22.2. The number of carbonyl (C=O) groups is 1. The first-order chi connectivity index (χ1) is 12.5. The van der Waals surface area contributed by atoms with Crippen LogP contribution in [0.15, 0.2) is 11.5 Å². The molecule has 27 heavy (non-hydrogen) atoms. The molecule has 0 bridgehead atoms. The van der Waals surface area contributed by atoms with E-state index in [0.29, 0.717) is 6.61 Å². The van der Waals surface area contributed by atoms with Gasteiger partial charge in [0.2, 0.25) is 0 Å². The van der Waals surface area contributed by atoms with Crippen LogP contribution in [0.4, 0.5) is 0 Å². The smallest absolute Gasteiger partial charge is 0.395 e. The van der Waals surface area contributed by atoms with Crippen LogP contribution in [0.25, 0.3) is 0 Å². The molecule has 0 aromatic rings. The van der Waals surface area contributed by atoms with Crippen LogP contribution in [0.1, 0.15) is 33.6 Å². The fourth-order valence-corrected chi connectivity index (χ4v) is 4.20. The molecule has 10 heteroatoms. The average molecular weight is 406 g/mol. The highest BCUT2D eigenvalue weighted by molar-refractivity contribution is 7.54. The Balaban J connectivity index is 2.34. The highest BCUT2D eigenvalue weighted by atomic mass is 31.2. The van der Waals surface area contributed by atoms with Gasteiger partial charge in [0.05, 0.1) is 13.2 Å². The van der Waals surface area contributed by atoms with E-state index in [2.05, 4.69) is 0 Å². The molecule has 0 aromatic heterocycles. The number of esters is 1. The SMILES string of the molecule is CCCCOC1=C(OP(=O)(N(C)C)N(C)C)C(=O)OC1C1COC(C)(C)O1. The summed E-state index contributed by atoms with van der Waals surface area (Å²) >= 11 is 0. The van der Waals surface area contributed by atoms with E-state index in [-0.39, 0.29) is 18.1 Å². The standard InChI is InChI=1S/C17H31N2O7P/c1-8-9-10-22-14-13(12-11-23-17(2,3)25-12)24-16(20)15(14)26-27(21,18(4)5)19(6)7/h12-13H,8-11H2,1-7H3. The number of nitrogens with zero attached hydrogens (tertiary/aromatic N) is 2. The molecule has 0 amide bonds. The third-order valence-electron chi connectivity index (χ3n) is 4.25. The van der Waals surface area contributed by atoms with Crippen LogP contribution in [0.3, 0.4) is 0 Å². The summed E-state index contributed by atoms with van der Waals surface area (Å²) in [4.78, 5) is 12.5. The fraction of sp³-hybridized carbons (Fsp3) is 0.824. The summed E-state index contributed by atoms with van der Waals surface area (Å²) < 4.78 is 44.5. The van der Waals surface area contributed by atoms with Crippen LogP contribution < -0.4 is 0 Å². The van der Waals surface area contributed by atoms with Crippen molar-refractivity contribution >= 4 is 13.6 Å². The zero-order valence-electron chi connectivity index (χ0n) is 17.2. The molecule has 2 heterocycles. The number of cyclic esters (lactones) is 1. The summed E-state index contributed by atoms with van der Waals surface area (Å²) in [5, 5.41) is 0. The summed E-state index contributed by atoms with van der Waals surface area (Å²) in [6.07, 6.45) is 0.389. The van der Waals surface area contributed by atoms with Gasteiger partial charge in [0.1, 0.15) is 6.10 Å². The molecule has 2 unspecified atom stereocenters. The van der Waals surface area contributed by atoms with Gasteiger partial charge in [-0.05, 0) is 48.5 Å². The third-order valence-corrected chi connectivity index (χ3v) is 6.69. The van der Waals surface area contributed by atoms with Gasteiger partial charge in [-0.1, -0.05) is 13.3 Å². The van der Waals surface area contributed by atoms with Crippen molar-refractivity contribution in [3.8, 4) is 0 Å². The summed E-state index contributed by atoms with van der Waals surface area (Å²) in [6.45, 7) is 6.24. The van der Waals surface area contributed by atoms with Crippen molar-refractivity contribution < 1.29 is 32.8 Å².